The highest BCUT2D eigenvalue weighted by molar-refractivity contribution is 7.92. The summed E-state index contributed by atoms with van der Waals surface area (Å²) in [5, 5.41) is 6.52. The van der Waals surface area contributed by atoms with E-state index in [1.165, 1.54) is 12.8 Å². The van der Waals surface area contributed by atoms with Crippen molar-refractivity contribution in [3.05, 3.63) is 24.3 Å². The minimum absolute atomic E-state index is 0. The summed E-state index contributed by atoms with van der Waals surface area (Å²) in [6, 6.07) is 8.02. The van der Waals surface area contributed by atoms with Crippen LogP contribution in [0.2, 0.25) is 0 Å². The molecule has 1 aromatic carbocycles. The molecule has 2 heterocycles. The van der Waals surface area contributed by atoms with Gasteiger partial charge in [-0.25, -0.2) is 8.42 Å². The van der Waals surface area contributed by atoms with E-state index in [2.05, 4.69) is 15.4 Å². The van der Waals surface area contributed by atoms with E-state index in [-0.39, 0.29) is 24.1 Å². The van der Waals surface area contributed by atoms with Crippen LogP contribution in [0.25, 0.3) is 0 Å². The van der Waals surface area contributed by atoms with Crippen LogP contribution in [0.4, 0.5) is 11.4 Å². The van der Waals surface area contributed by atoms with Gasteiger partial charge in [-0.2, -0.15) is 0 Å². The third-order valence-corrected chi connectivity index (χ3v) is 6.63. The van der Waals surface area contributed by atoms with Crippen LogP contribution in [0.5, 0.6) is 0 Å². The average Bonchev–Trinajstić information content (AvgIpc) is 2.93. The number of sulfonamides is 1. The summed E-state index contributed by atoms with van der Waals surface area (Å²) in [6.07, 6.45) is 6.67. The Morgan fingerprint density at radius 2 is 1.70 bits per heavy atom. The molecule has 2 saturated heterocycles. The number of piperidine rings is 1. The first-order valence-corrected chi connectivity index (χ1v) is 11.2. The van der Waals surface area contributed by atoms with E-state index in [9.17, 15) is 13.2 Å². The zero-order valence-corrected chi connectivity index (χ0v) is 17.4. The second kappa shape index (κ2) is 9.75. The van der Waals surface area contributed by atoms with E-state index >= 15 is 0 Å². The molecule has 0 aliphatic carbocycles. The molecule has 2 bridgehead atoms. The highest BCUT2D eigenvalue weighted by Gasteiger charge is 2.34. The van der Waals surface area contributed by atoms with E-state index in [0.717, 1.165) is 19.3 Å². The number of nitrogens with one attached hydrogen (secondary N) is 3. The van der Waals surface area contributed by atoms with E-state index in [1.807, 2.05) is 6.92 Å². The number of anilines is 2. The van der Waals surface area contributed by atoms with Gasteiger partial charge in [0.1, 0.15) is 0 Å². The van der Waals surface area contributed by atoms with Crippen molar-refractivity contribution in [1.82, 2.24) is 5.32 Å². The average molecular weight is 416 g/mol. The molecule has 0 saturated carbocycles. The lowest BCUT2D eigenvalue weighted by Crippen LogP contribution is -2.39. The number of amides is 1. The van der Waals surface area contributed by atoms with Crippen molar-refractivity contribution >= 4 is 39.7 Å². The maximum atomic E-state index is 12.3. The highest BCUT2D eigenvalue weighted by Crippen LogP contribution is 2.32. The van der Waals surface area contributed by atoms with E-state index in [0.29, 0.717) is 42.2 Å². The van der Waals surface area contributed by atoms with E-state index in [4.69, 9.17) is 0 Å². The molecule has 1 amide bonds. The predicted molar refractivity (Wildman–Crippen MR) is 112 cm³/mol. The standard InChI is InChI=1S/C19H29N3O3S.ClH/c1-2-3-10-26(24,25)22-16-6-4-15(5-7-16)21-19(23)13-14-11-17-8-9-18(12-14)20-17;/h4-7,14,17-18,20,22H,2-3,8-13H2,1H3,(H,21,23);1H. The normalized spacial score (nSPS) is 24.1. The number of halogens is 1. The van der Waals surface area contributed by atoms with Gasteiger partial charge in [0.2, 0.25) is 15.9 Å². The van der Waals surface area contributed by atoms with Crippen molar-refractivity contribution in [2.75, 3.05) is 15.8 Å². The molecule has 6 nitrogen and oxygen atoms in total. The molecule has 0 radical (unpaired) electrons. The maximum absolute atomic E-state index is 12.3. The summed E-state index contributed by atoms with van der Waals surface area (Å²) in [7, 11) is -3.30. The van der Waals surface area contributed by atoms with Gasteiger partial charge in [0.15, 0.2) is 0 Å². The van der Waals surface area contributed by atoms with Gasteiger partial charge in [-0.15, -0.1) is 12.4 Å². The summed E-state index contributed by atoms with van der Waals surface area (Å²) in [5.41, 5.74) is 1.22. The monoisotopic (exact) mass is 415 g/mol. The fourth-order valence-corrected chi connectivity index (χ4v) is 5.27. The molecule has 2 aliphatic heterocycles. The molecule has 2 fully saturated rings. The summed E-state index contributed by atoms with van der Waals surface area (Å²) < 4.78 is 26.4. The Bertz CT molecular complexity index is 712. The quantitative estimate of drug-likeness (QED) is 0.606. The minimum Gasteiger partial charge on any atom is -0.326 e. The number of carbonyl (C=O) groups is 1. The first-order chi connectivity index (χ1) is 12.4. The predicted octanol–water partition coefficient (Wildman–Crippen LogP) is 3.51. The Morgan fingerprint density at radius 3 is 2.30 bits per heavy atom. The second-order valence-corrected chi connectivity index (χ2v) is 9.42. The SMILES string of the molecule is CCCCS(=O)(=O)Nc1ccc(NC(=O)CC2CC3CCC(C2)N3)cc1.Cl. The van der Waals surface area contributed by atoms with Gasteiger partial charge in [0.05, 0.1) is 5.75 Å². The maximum Gasteiger partial charge on any atom is 0.232 e. The number of rotatable bonds is 8. The van der Waals surface area contributed by atoms with Crippen LogP contribution < -0.4 is 15.4 Å². The van der Waals surface area contributed by atoms with Crippen LogP contribution >= 0.6 is 12.4 Å². The lowest BCUT2D eigenvalue weighted by molar-refractivity contribution is -0.117. The molecule has 27 heavy (non-hydrogen) atoms. The van der Waals surface area contributed by atoms with Crippen LogP contribution in [0.15, 0.2) is 24.3 Å². The number of hydrogen-bond acceptors (Lipinski definition) is 4. The van der Waals surface area contributed by atoms with Gasteiger partial charge in [-0.1, -0.05) is 13.3 Å². The Hall–Kier alpha value is -1.31. The van der Waals surface area contributed by atoms with Crippen molar-refractivity contribution in [2.24, 2.45) is 5.92 Å². The lowest BCUT2D eigenvalue weighted by atomic mass is 9.89. The van der Waals surface area contributed by atoms with Gasteiger partial charge in [-0.05, 0) is 62.3 Å². The first kappa shape index (κ1) is 22.0. The molecule has 2 unspecified atom stereocenters. The molecule has 2 aliphatic rings. The smallest absolute Gasteiger partial charge is 0.232 e. The van der Waals surface area contributed by atoms with Gasteiger partial charge in [0.25, 0.3) is 0 Å². The summed E-state index contributed by atoms with van der Waals surface area (Å²) in [4.78, 5) is 12.3. The minimum atomic E-state index is -3.30. The fraction of sp³-hybridized carbons (Fsp3) is 0.632. The zero-order valence-electron chi connectivity index (χ0n) is 15.7. The molecule has 3 N–H and O–H groups in total. The number of hydrogen-bond donors (Lipinski definition) is 3. The van der Waals surface area contributed by atoms with Crippen molar-refractivity contribution < 1.29 is 13.2 Å². The molecular formula is C19H30ClN3O3S. The number of fused-ring (bicyclic) bond motifs is 2. The van der Waals surface area contributed by atoms with Crippen LogP contribution in [-0.4, -0.2) is 32.2 Å². The zero-order chi connectivity index (χ0) is 18.6. The molecule has 8 heteroatoms. The van der Waals surface area contributed by atoms with Gasteiger partial charge >= 0.3 is 0 Å². The number of carbonyl (C=O) groups excluding carboxylic acids is 1. The molecule has 152 valence electrons. The lowest BCUT2D eigenvalue weighted by Gasteiger charge is -2.28. The van der Waals surface area contributed by atoms with Gasteiger partial charge in [0, 0.05) is 29.9 Å². The second-order valence-electron chi connectivity index (χ2n) is 7.58. The van der Waals surface area contributed by atoms with Gasteiger partial charge in [-0.3, -0.25) is 9.52 Å². The molecule has 1 aromatic rings. The molecule has 0 spiro atoms. The number of benzene rings is 1. The Morgan fingerprint density at radius 1 is 1.11 bits per heavy atom. The molecule has 3 rings (SSSR count). The van der Waals surface area contributed by atoms with Crippen molar-refractivity contribution in [3.8, 4) is 0 Å². The van der Waals surface area contributed by atoms with Crippen molar-refractivity contribution in [2.45, 2.75) is 64.0 Å². The highest BCUT2D eigenvalue weighted by atomic mass is 35.5. The van der Waals surface area contributed by atoms with E-state index < -0.39 is 10.0 Å². The largest absolute Gasteiger partial charge is 0.326 e. The molecule has 2 atom stereocenters. The van der Waals surface area contributed by atoms with Crippen LogP contribution in [-0.2, 0) is 14.8 Å². The molecule has 0 aromatic heterocycles. The Balaban J connectivity index is 0.00000261. The number of unbranched alkanes of at least 4 members (excludes halogenated alkanes) is 1. The molecular weight excluding hydrogens is 386 g/mol. The Kier molecular flexibility index (Phi) is 7.94. The third kappa shape index (κ3) is 6.66. The van der Waals surface area contributed by atoms with Gasteiger partial charge < -0.3 is 10.6 Å². The topological polar surface area (TPSA) is 87.3 Å². The van der Waals surface area contributed by atoms with Crippen molar-refractivity contribution in [3.63, 3.8) is 0 Å². The van der Waals surface area contributed by atoms with Crippen LogP contribution in [0.3, 0.4) is 0 Å². The van der Waals surface area contributed by atoms with E-state index in [1.54, 1.807) is 24.3 Å². The van der Waals surface area contributed by atoms with Crippen molar-refractivity contribution in [1.29, 1.82) is 0 Å². The summed E-state index contributed by atoms with van der Waals surface area (Å²) in [6.45, 7) is 1.96. The van der Waals surface area contributed by atoms with Crippen LogP contribution in [0, 0.1) is 5.92 Å². The Labute approximate surface area is 168 Å². The van der Waals surface area contributed by atoms with Crippen LogP contribution in [0.1, 0.15) is 51.9 Å². The third-order valence-electron chi connectivity index (χ3n) is 5.25. The fourth-order valence-electron chi connectivity index (χ4n) is 4.00. The first-order valence-electron chi connectivity index (χ1n) is 9.60. The summed E-state index contributed by atoms with van der Waals surface area (Å²) >= 11 is 0. The summed E-state index contributed by atoms with van der Waals surface area (Å²) in [5.74, 6) is 0.617.